The van der Waals surface area contributed by atoms with Gasteiger partial charge in [0, 0.05) is 19.2 Å². The van der Waals surface area contributed by atoms with E-state index in [0.717, 1.165) is 5.69 Å². The minimum atomic E-state index is 0.0838. The van der Waals surface area contributed by atoms with Crippen LogP contribution in [0.15, 0.2) is 12.5 Å². The van der Waals surface area contributed by atoms with Crippen LogP contribution in [0, 0.1) is 0 Å². The molecule has 1 aromatic rings. The quantitative estimate of drug-likeness (QED) is 0.685. The molecule has 12 heavy (non-hydrogen) atoms. The fourth-order valence-electron chi connectivity index (χ4n) is 0.955. The van der Waals surface area contributed by atoms with Gasteiger partial charge in [-0.05, 0) is 13.3 Å². The summed E-state index contributed by atoms with van der Waals surface area (Å²) in [4.78, 5) is 17.8. The predicted molar refractivity (Wildman–Crippen MR) is 45.6 cm³/mol. The van der Waals surface area contributed by atoms with Crippen LogP contribution in [0.25, 0.3) is 0 Å². The topological polar surface area (TPSA) is 57.8 Å². The Morgan fingerprint density at radius 1 is 1.75 bits per heavy atom. The van der Waals surface area contributed by atoms with Gasteiger partial charge >= 0.3 is 0 Å². The van der Waals surface area contributed by atoms with Crippen molar-refractivity contribution in [3.63, 3.8) is 0 Å². The average molecular weight is 167 g/mol. The van der Waals surface area contributed by atoms with Gasteiger partial charge in [-0.1, -0.05) is 0 Å². The van der Waals surface area contributed by atoms with Crippen molar-refractivity contribution in [2.45, 2.75) is 19.8 Å². The second-order valence-corrected chi connectivity index (χ2v) is 2.51. The Morgan fingerprint density at radius 3 is 3.17 bits per heavy atom. The smallest absolute Gasteiger partial charge is 0.220 e. The molecule has 66 valence electrons. The van der Waals surface area contributed by atoms with E-state index in [9.17, 15) is 4.79 Å². The van der Waals surface area contributed by atoms with Crippen molar-refractivity contribution in [2.75, 3.05) is 6.54 Å². The molecule has 0 aliphatic carbocycles. The van der Waals surface area contributed by atoms with Crippen molar-refractivity contribution < 1.29 is 4.79 Å². The lowest BCUT2D eigenvalue weighted by Gasteiger charge is -1.98. The van der Waals surface area contributed by atoms with Gasteiger partial charge in [0.1, 0.15) is 0 Å². The molecule has 0 unspecified atom stereocenters. The molecule has 0 bridgehead atoms. The largest absolute Gasteiger partial charge is 0.356 e. The molecule has 0 saturated heterocycles. The minimum absolute atomic E-state index is 0.0838. The number of rotatable bonds is 4. The van der Waals surface area contributed by atoms with Crippen LogP contribution < -0.4 is 5.32 Å². The first kappa shape index (κ1) is 8.77. The Bertz CT molecular complexity index is 230. The molecule has 0 aliphatic rings. The van der Waals surface area contributed by atoms with E-state index in [2.05, 4.69) is 15.3 Å². The maximum atomic E-state index is 11.0. The van der Waals surface area contributed by atoms with Gasteiger partial charge < -0.3 is 10.3 Å². The monoisotopic (exact) mass is 167 g/mol. The summed E-state index contributed by atoms with van der Waals surface area (Å²) in [6, 6.07) is 0. The van der Waals surface area contributed by atoms with E-state index < -0.39 is 0 Å². The molecule has 0 saturated carbocycles. The zero-order valence-electron chi connectivity index (χ0n) is 7.13. The third-order valence-corrected chi connectivity index (χ3v) is 1.54. The molecule has 0 spiro atoms. The summed E-state index contributed by atoms with van der Waals surface area (Å²) in [6.45, 7) is 2.60. The third-order valence-electron chi connectivity index (χ3n) is 1.54. The minimum Gasteiger partial charge on any atom is -0.356 e. The molecule has 0 aromatic carbocycles. The van der Waals surface area contributed by atoms with E-state index in [4.69, 9.17) is 0 Å². The van der Waals surface area contributed by atoms with Gasteiger partial charge in [0.05, 0.1) is 12.0 Å². The fraction of sp³-hybridized carbons (Fsp3) is 0.500. The van der Waals surface area contributed by atoms with E-state index in [1.54, 1.807) is 12.5 Å². The van der Waals surface area contributed by atoms with E-state index >= 15 is 0 Å². The van der Waals surface area contributed by atoms with Gasteiger partial charge in [-0.25, -0.2) is 4.98 Å². The molecule has 0 atom stereocenters. The fourth-order valence-corrected chi connectivity index (χ4v) is 0.955. The zero-order valence-corrected chi connectivity index (χ0v) is 7.13. The number of aromatic nitrogens is 2. The van der Waals surface area contributed by atoms with Crippen molar-refractivity contribution in [3.8, 4) is 0 Å². The average Bonchev–Trinajstić information content (AvgIpc) is 2.53. The zero-order chi connectivity index (χ0) is 8.81. The molecule has 1 heterocycles. The maximum Gasteiger partial charge on any atom is 0.220 e. The molecule has 0 fully saturated rings. The van der Waals surface area contributed by atoms with Gasteiger partial charge in [0.25, 0.3) is 0 Å². The van der Waals surface area contributed by atoms with Crippen molar-refractivity contribution in [3.05, 3.63) is 18.2 Å². The number of aryl methyl sites for hydroxylation is 1. The molecule has 0 radical (unpaired) electrons. The number of imidazole rings is 1. The molecule has 1 aromatic heterocycles. The van der Waals surface area contributed by atoms with Crippen LogP contribution in [0.5, 0.6) is 0 Å². The summed E-state index contributed by atoms with van der Waals surface area (Å²) < 4.78 is 0. The lowest BCUT2D eigenvalue weighted by Crippen LogP contribution is -2.22. The Kier molecular flexibility index (Phi) is 3.32. The molecule has 2 N–H and O–H groups in total. The number of nitrogens with zero attached hydrogens (tertiary/aromatic N) is 1. The van der Waals surface area contributed by atoms with E-state index in [1.807, 2.05) is 6.92 Å². The van der Waals surface area contributed by atoms with Crippen molar-refractivity contribution in [1.82, 2.24) is 15.3 Å². The maximum absolute atomic E-state index is 11.0. The molecular formula is C8H13N3O. The number of amides is 1. The highest BCUT2D eigenvalue weighted by Crippen LogP contribution is 1.95. The van der Waals surface area contributed by atoms with E-state index in [1.165, 1.54) is 0 Å². The highest BCUT2D eigenvalue weighted by atomic mass is 16.1. The number of hydrogen-bond donors (Lipinski definition) is 2. The summed E-state index contributed by atoms with van der Waals surface area (Å²) in [6.07, 6.45) is 4.64. The number of hydrogen-bond acceptors (Lipinski definition) is 2. The lowest BCUT2D eigenvalue weighted by molar-refractivity contribution is -0.120. The Hall–Kier alpha value is -1.32. The van der Waals surface area contributed by atoms with Crippen LogP contribution >= 0.6 is 0 Å². The van der Waals surface area contributed by atoms with Gasteiger partial charge in [0.2, 0.25) is 5.91 Å². The van der Waals surface area contributed by atoms with Gasteiger partial charge in [-0.15, -0.1) is 0 Å². The van der Waals surface area contributed by atoms with Crippen LogP contribution in [0.4, 0.5) is 0 Å². The summed E-state index contributed by atoms with van der Waals surface area (Å²) in [7, 11) is 0. The molecule has 4 nitrogen and oxygen atoms in total. The molecule has 1 amide bonds. The molecular weight excluding hydrogens is 154 g/mol. The Morgan fingerprint density at radius 2 is 2.58 bits per heavy atom. The summed E-state index contributed by atoms with van der Waals surface area (Å²) in [5.41, 5.74) is 0.932. The second kappa shape index (κ2) is 4.54. The highest BCUT2D eigenvalue weighted by molar-refractivity contribution is 5.75. The van der Waals surface area contributed by atoms with Gasteiger partial charge in [-0.3, -0.25) is 4.79 Å². The van der Waals surface area contributed by atoms with Crippen molar-refractivity contribution in [2.24, 2.45) is 0 Å². The number of carbonyl (C=O) groups excluding carboxylic acids is 1. The second-order valence-electron chi connectivity index (χ2n) is 2.51. The van der Waals surface area contributed by atoms with Crippen LogP contribution in [-0.4, -0.2) is 22.4 Å². The van der Waals surface area contributed by atoms with Gasteiger partial charge in [0.15, 0.2) is 0 Å². The number of carbonyl (C=O) groups is 1. The van der Waals surface area contributed by atoms with Gasteiger partial charge in [-0.2, -0.15) is 0 Å². The summed E-state index contributed by atoms with van der Waals surface area (Å²) in [5, 5.41) is 2.73. The first-order chi connectivity index (χ1) is 5.83. The normalized spacial score (nSPS) is 9.75. The first-order valence-electron chi connectivity index (χ1n) is 4.07. The van der Waals surface area contributed by atoms with Crippen LogP contribution in [0.2, 0.25) is 0 Å². The first-order valence-corrected chi connectivity index (χ1v) is 4.07. The van der Waals surface area contributed by atoms with Crippen molar-refractivity contribution in [1.29, 1.82) is 0 Å². The number of aromatic amines is 1. The van der Waals surface area contributed by atoms with Crippen molar-refractivity contribution >= 4 is 5.91 Å². The number of H-pyrrole nitrogens is 1. The van der Waals surface area contributed by atoms with E-state index in [-0.39, 0.29) is 5.91 Å². The Balaban J connectivity index is 2.22. The Labute approximate surface area is 71.4 Å². The summed E-state index contributed by atoms with van der Waals surface area (Å²) in [5.74, 6) is 0.0838. The molecule has 4 heteroatoms. The van der Waals surface area contributed by atoms with Crippen LogP contribution in [0.3, 0.4) is 0 Å². The predicted octanol–water partition coefficient (Wildman–Crippen LogP) is 0.478. The SMILES string of the molecule is CCNC(=O)CCc1c[nH]cn1. The number of nitrogens with one attached hydrogen (secondary N) is 2. The van der Waals surface area contributed by atoms with Crippen LogP contribution in [-0.2, 0) is 11.2 Å². The van der Waals surface area contributed by atoms with Crippen LogP contribution in [0.1, 0.15) is 19.0 Å². The molecule has 1 rings (SSSR count). The summed E-state index contributed by atoms with van der Waals surface area (Å²) >= 11 is 0. The highest BCUT2D eigenvalue weighted by Gasteiger charge is 2.00. The lowest BCUT2D eigenvalue weighted by atomic mass is 10.2. The standard InChI is InChI=1S/C8H13N3O/c1-2-10-8(12)4-3-7-5-9-6-11-7/h5-6H,2-4H2,1H3,(H,9,11)(H,10,12). The van der Waals surface area contributed by atoms with E-state index in [0.29, 0.717) is 19.4 Å². The molecule has 0 aliphatic heterocycles. The third kappa shape index (κ3) is 2.74.